The van der Waals surface area contributed by atoms with Crippen LogP contribution in [0.4, 0.5) is 5.82 Å². The van der Waals surface area contributed by atoms with Gasteiger partial charge in [0.15, 0.2) is 0 Å². The molecule has 1 atom stereocenters. The lowest BCUT2D eigenvalue weighted by Gasteiger charge is -2.22. The minimum absolute atomic E-state index is 0.497. The Morgan fingerprint density at radius 2 is 2.38 bits per heavy atom. The molecular formula is C16H21N7S. The molecule has 4 heterocycles. The molecule has 0 saturated carbocycles. The van der Waals surface area contributed by atoms with Crippen molar-refractivity contribution >= 4 is 22.1 Å². The monoisotopic (exact) mass is 343 g/mol. The van der Waals surface area contributed by atoms with Crippen LogP contribution in [0.25, 0.3) is 4.96 Å². The average Bonchev–Trinajstić information content (AvgIpc) is 3.13. The quantitative estimate of drug-likeness (QED) is 0.738. The van der Waals surface area contributed by atoms with Crippen LogP contribution in [0.15, 0.2) is 18.6 Å². The van der Waals surface area contributed by atoms with Gasteiger partial charge in [0, 0.05) is 31.5 Å². The van der Waals surface area contributed by atoms with Gasteiger partial charge in [0.2, 0.25) is 4.96 Å². The maximum absolute atomic E-state index is 4.59. The van der Waals surface area contributed by atoms with E-state index in [0.29, 0.717) is 5.92 Å². The Morgan fingerprint density at radius 1 is 1.42 bits per heavy atom. The Kier molecular flexibility index (Phi) is 4.40. The van der Waals surface area contributed by atoms with Gasteiger partial charge in [0.05, 0.1) is 17.6 Å². The molecule has 3 aromatic rings. The number of anilines is 1. The summed E-state index contributed by atoms with van der Waals surface area (Å²) in [5.41, 5.74) is 2.17. The van der Waals surface area contributed by atoms with Crippen molar-refractivity contribution in [2.45, 2.75) is 32.1 Å². The Morgan fingerprint density at radius 3 is 3.21 bits per heavy atom. The fourth-order valence-electron chi connectivity index (χ4n) is 3.08. The molecule has 1 unspecified atom stereocenters. The number of piperidine rings is 1. The van der Waals surface area contributed by atoms with E-state index in [-0.39, 0.29) is 0 Å². The standard InChI is InChI=1S/C16H21N7S/c1-11-22-23-9-13(21-16(23)24-11)4-6-18-15-7-14(19-10-20-15)12-3-2-5-17-8-12/h7,9-10,12,17H,2-6,8H2,1H3,(H,18,19,20). The van der Waals surface area contributed by atoms with Gasteiger partial charge in [-0.1, -0.05) is 11.3 Å². The van der Waals surface area contributed by atoms with Crippen LogP contribution >= 0.6 is 11.3 Å². The molecule has 2 N–H and O–H groups in total. The van der Waals surface area contributed by atoms with E-state index >= 15 is 0 Å². The molecule has 7 nitrogen and oxygen atoms in total. The van der Waals surface area contributed by atoms with Gasteiger partial charge < -0.3 is 10.6 Å². The van der Waals surface area contributed by atoms with Crippen LogP contribution in [-0.2, 0) is 6.42 Å². The SMILES string of the molecule is Cc1nn2cc(CCNc3cc(C4CCCNC4)ncn3)nc2s1. The molecule has 0 bridgehead atoms. The van der Waals surface area contributed by atoms with Gasteiger partial charge in [-0.25, -0.2) is 19.5 Å². The van der Waals surface area contributed by atoms with Crippen LogP contribution in [0.5, 0.6) is 0 Å². The third-order valence-electron chi connectivity index (χ3n) is 4.28. The molecule has 1 aliphatic heterocycles. The molecule has 1 saturated heterocycles. The van der Waals surface area contributed by atoms with Crippen molar-refractivity contribution in [3.63, 3.8) is 0 Å². The summed E-state index contributed by atoms with van der Waals surface area (Å²) in [6.07, 6.45) is 6.91. The fourth-order valence-corrected chi connectivity index (χ4v) is 3.82. The summed E-state index contributed by atoms with van der Waals surface area (Å²) in [7, 11) is 0. The number of imidazole rings is 1. The van der Waals surface area contributed by atoms with Crippen LogP contribution in [0, 0.1) is 6.92 Å². The van der Waals surface area contributed by atoms with E-state index in [9.17, 15) is 0 Å². The van der Waals surface area contributed by atoms with Gasteiger partial charge >= 0.3 is 0 Å². The van der Waals surface area contributed by atoms with E-state index in [1.165, 1.54) is 12.8 Å². The number of nitrogens with zero attached hydrogens (tertiary/aromatic N) is 5. The van der Waals surface area contributed by atoms with E-state index in [0.717, 1.165) is 53.2 Å². The number of hydrogen-bond acceptors (Lipinski definition) is 7. The van der Waals surface area contributed by atoms with Gasteiger partial charge in [-0.05, 0) is 26.3 Å². The molecule has 0 radical (unpaired) electrons. The average molecular weight is 343 g/mol. The van der Waals surface area contributed by atoms with Gasteiger partial charge in [0.1, 0.15) is 17.2 Å². The Bertz CT molecular complexity index is 787. The second-order valence-electron chi connectivity index (χ2n) is 6.13. The Balaban J connectivity index is 1.35. The molecule has 8 heteroatoms. The fraction of sp³-hybridized carbons (Fsp3) is 0.500. The lowest BCUT2D eigenvalue weighted by Crippen LogP contribution is -2.28. The van der Waals surface area contributed by atoms with Crippen LogP contribution in [-0.4, -0.2) is 44.2 Å². The van der Waals surface area contributed by atoms with Gasteiger partial charge in [-0.2, -0.15) is 5.10 Å². The maximum Gasteiger partial charge on any atom is 0.212 e. The summed E-state index contributed by atoms with van der Waals surface area (Å²) in [6, 6.07) is 2.08. The van der Waals surface area contributed by atoms with Crippen molar-refractivity contribution < 1.29 is 0 Å². The molecule has 0 spiro atoms. The number of nitrogens with one attached hydrogen (secondary N) is 2. The largest absolute Gasteiger partial charge is 0.370 e. The van der Waals surface area contributed by atoms with Crippen LogP contribution in [0.2, 0.25) is 0 Å². The highest BCUT2D eigenvalue weighted by Crippen LogP contribution is 2.22. The molecule has 1 fully saturated rings. The maximum atomic E-state index is 4.59. The Hall–Kier alpha value is -2.06. The summed E-state index contributed by atoms with van der Waals surface area (Å²) in [5.74, 6) is 1.39. The smallest absolute Gasteiger partial charge is 0.212 e. The topological polar surface area (TPSA) is 80.0 Å². The normalized spacial score (nSPS) is 18.1. The van der Waals surface area contributed by atoms with Gasteiger partial charge in [-0.3, -0.25) is 0 Å². The van der Waals surface area contributed by atoms with Crippen LogP contribution < -0.4 is 10.6 Å². The zero-order chi connectivity index (χ0) is 16.4. The second-order valence-corrected chi connectivity index (χ2v) is 7.29. The summed E-state index contributed by atoms with van der Waals surface area (Å²) < 4.78 is 1.86. The van der Waals surface area contributed by atoms with Crippen molar-refractivity contribution in [2.75, 3.05) is 25.0 Å². The van der Waals surface area contributed by atoms with Crippen molar-refractivity contribution in [3.05, 3.63) is 35.0 Å². The highest BCUT2D eigenvalue weighted by Gasteiger charge is 2.16. The first-order valence-corrected chi connectivity index (χ1v) is 9.18. The lowest BCUT2D eigenvalue weighted by atomic mass is 9.96. The predicted molar refractivity (Wildman–Crippen MR) is 94.7 cm³/mol. The molecule has 3 aromatic heterocycles. The molecule has 24 heavy (non-hydrogen) atoms. The van der Waals surface area contributed by atoms with E-state index in [1.807, 2.05) is 17.6 Å². The first-order valence-electron chi connectivity index (χ1n) is 8.36. The number of aryl methyl sites for hydroxylation is 1. The molecule has 1 aliphatic rings. The zero-order valence-electron chi connectivity index (χ0n) is 13.7. The molecule has 0 amide bonds. The number of rotatable bonds is 5. The van der Waals surface area contributed by atoms with E-state index in [1.54, 1.807) is 17.7 Å². The van der Waals surface area contributed by atoms with Crippen molar-refractivity contribution in [1.29, 1.82) is 0 Å². The molecule has 126 valence electrons. The minimum atomic E-state index is 0.497. The highest BCUT2D eigenvalue weighted by atomic mass is 32.1. The lowest BCUT2D eigenvalue weighted by molar-refractivity contribution is 0.454. The third-order valence-corrected chi connectivity index (χ3v) is 5.12. The zero-order valence-corrected chi connectivity index (χ0v) is 14.5. The van der Waals surface area contributed by atoms with Crippen LogP contribution in [0.1, 0.15) is 35.2 Å². The number of fused-ring (bicyclic) bond motifs is 1. The summed E-state index contributed by atoms with van der Waals surface area (Å²) >= 11 is 1.61. The molecule has 4 rings (SSSR count). The van der Waals surface area contributed by atoms with E-state index in [2.05, 4.69) is 36.8 Å². The summed E-state index contributed by atoms with van der Waals surface area (Å²) in [4.78, 5) is 14.3. The van der Waals surface area contributed by atoms with E-state index in [4.69, 9.17) is 0 Å². The summed E-state index contributed by atoms with van der Waals surface area (Å²) in [5, 5.41) is 12.2. The van der Waals surface area contributed by atoms with Gasteiger partial charge in [-0.15, -0.1) is 0 Å². The molecule has 0 aromatic carbocycles. The number of hydrogen-bond donors (Lipinski definition) is 2. The Labute approximate surface area is 144 Å². The number of aromatic nitrogens is 5. The minimum Gasteiger partial charge on any atom is -0.370 e. The first-order chi connectivity index (χ1) is 11.8. The van der Waals surface area contributed by atoms with Gasteiger partial charge in [0.25, 0.3) is 0 Å². The third kappa shape index (κ3) is 3.39. The molecule has 0 aliphatic carbocycles. The van der Waals surface area contributed by atoms with Crippen molar-refractivity contribution in [3.8, 4) is 0 Å². The highest BCUT2D eigenvalue weighted by molar-refractivity contribution is 7.16. The van der Waals surface area contributed by atoms with Crippen molar-refractivity contribution in [2.24, 2.45) is 0 Å². The van der Waals surface area contributed by atoms with Crippen molar-refractivity contribution in [1.82, 2.24) is 29.9 Å². The predicted octanol–water partition coefficient (Wildman–Crippen LogP) is 2.01. The summed E-state index contributed by atoms with van der Waals surface area (Å²) in [6.45, 7) is 4.91. The van der Waals surface area contributed by atoms with E-state index < -0.39 is 0 Å². The van der Waals surface area contributed by atoms with Crippen LogP contribution in [0.3, 0.4) is 0 Å². The second kappa shape index (κ2) is 6.82. The molecular weight excluding hydrogens is 322 g/mol. The first kappa shape index (κ1) is 15.5.